The molecule has 0 aliphatic rings. The van der Waals surface area contributed by atoms with Gasteiger partial charge in [-0.15, -0.1) is 0 Å². The van der Waals surface area contributed by atoms with Gasteiger partial charge in [-0.05, 0) is 39.5 Å². The first-order chi connectivity index (χ1) is 6.99. The van der Waals surface area contributed by atoms with Crippen LogP contribution in [0.3, 0.4) is 0 Å². The standard InChI is InChI=1S/C13H26O3/c1-9(2)12(5,6)15-11(14)16-13(7,8)10(3)4/h9-10H,1-8H3. The van der Waals surface area contributed by atoms with Crippen molar-refractivity contribution in [2.24, 2.45) is 11.8 Å². The molecular weight excluding hydrogens is 204 g/mol. The van der Waals surface area contributed by atoms with Gasteiger partial charge in [-0.25, -0.2) is 4.79 Å². The van der Waals surface area contributed by atoms with E-state index < -0.39 is 17.4 Å². The second-order valence-electron chi connectivity index (χ2n) is 5.97. The fraction of sp³-hybridized carbons (Fsp3) is 0.923. The summed E-state index contributed by atoms with van der Waals surface area (Å²) in [6, 6.07) is 0. The molecule has 0 heterocycles. The lowest BCUT2D eigenvalue weighted by molar-refractivity contribution is -0.0856. The van der Waals surface area contributed by atoms with E-state index in [4.69, 9.17) is 9.47 Å². The van der Waals surface area contributed by atoms with E-state index in [9.17, 15) is 4.79 Å². The number of carbonyl (C=O) groups excluding carboxylic acids is 1. The maximum absolute atomic E-state index is 11.6. The van der Waals surface area contributed by atoms with Crippen LogP contribution in [-0.4, -0.2) is 17.4 Å². The highest BCUT2D eigenvalue weighted by atomic mass is 16.7. The molecule has 0 amide bonds. The van der Waals surface area contributed by atoms with Crippen molar-refractivity contribution in [3.8, 4) is 0 Å². The van der Waals surface area contributed by atoms with E-state index in [0.29, 0.717) is 0 Å². The maximum Gasteiger partial charge on any atom is 0.509 e. The second kappa shape index (κ2) is 5.07. The number of rotatable bonds is 4. The fourth-order valence-corrected chi connectivity index (χ4v) is 0.686. The first-order valence-corrected chi connectivity index (χ1v) is 5.91. The van der Waals surface area contributed by atoms with Crippen molar-refractivity contribution in [1.29, 1.82) is 0 Å². The number of hydrogen-bond donors (Lipinski definition) is 0. The summed E-state index contributed by atoms with van der Waals surface area (Å²) in [6.45, 7) is 15.6. The lowest BCUT2D eigenvalue weighted by atomic mass is 9.94. The van der Waals surface area contributed by atoms with Crippen LogP contribution in [0.5, 0.6) is 0 Å². The summed E-state index contributed by atoms with van der Waals surface area (Å²) in [5, 5.41) is 0. The Morgan fingerprint density at radius 1 is 0.812 bits per heavy atom. The molecular formula is C13H26O3. The van der Waals surface area contributed by atoms with Crippen molar-refractivity contribution in [3.05, 3.63) is 0 Å². The minimum absolute atomic E-state index is 0.252. The predicted octanol–water partition coefficient (Wildman–Crippen LogP) is 4.01. The molecule has 0 spiro atoms. The van der Waals surface area contributed by atoms with E-state index in [2.05, 4.69) is 0 Å². The summed E-state index contributed by atoms with van der Waals surface area (Å²) >= 11 is 0. The molecule has 0 aromatic carbocycles. The molecule has 0 rings (SSSR count). The van der Waals surface area contributed by atoms with Crippen LogP contribution >= 0.6 is 0 Å². The monoisotopic (exact) mass is 230 g/mol. The van der Waals surface area contributed by atoms with Gasteiger partial charge in [0.15, 0.2) is 0 Å². The lowest BCUT2D eigenvalue weighted by Gasteiger charge is -2.33. The summed E-state index contributed by atoms with van der Waals surface area (Å²) in [5.74, 6) is 0.504. The van der Waals surface area contributed by atoms with Gasteiger partial charge in [-0.1, -0.05) is 27.7 Å². The molecule has 16 heavy (non-hydrogen) atoms. The number of hydrogen-bond acceptors (Lipinski definition) is 3. The smallest absolute Gasteiger partial charge is 0.428 e. The summed E-state index contributed by atoms with van der Waals surface area (Å²) in [4.78, 5) is 11.6. The molecule has 0 fully saturated rings. The van der Waals surface area contributed by atoms with Gasteiger partial charge >= 0.3 is 6.16 Å². The summed E-state index contributed by atoms with van der Waals surface area (Å²) < 4.78 is 10.6. The number of carbonyl (C=O) groups is 1. The molecule has 0 aliphatic carbocycles. The fourth-order valence-electron chi connectivity index (χ4n) is 0.686. The highest BCUT2D eigenvalue weighted by molar-refractivity contribution is 5.61. The van der Waals surface area contributed by atoms with E-state index in [0.717, 1.165) is 0 Å². The van der Waals surface area contributed by atoms with Crippen molar-refractivity contribution >= 4 is 6.16 Å². The molecule has 0 atom stereocenters. The lowest BCUT2D eigenvalue weighted by Crippen LogP contribution is -2.39. The molecule has 0 unspecified atom stereocenters. The largest absolute Gasteiger partial charge is 0.509 e. The van der Waals surface area contributed by atoms with Gasteiger partial charge < -0.3 is 9.47 Å². The van der Waals surface area contributed by atoms with Gasteiger partial charge in [0.25, 0.3) is 0 Å². The molecule has 0 aliphatic heterocycles. The van der Waals surface area contributed by atoms with Crippen LogP contribution in [0, 0.1) is 11.8 Å². The van der Waals surface area contributed by atoms with Crippen LogP contribution in [0.4, 0.5) is 4.79 Å². The van der Waals surface area contributed by atoms with Gasteiger partial charge in [-0.3, -0.25) is 0 Å². The molecule has 0 aromatic heterocycles. The van der Waals surface area contributed by atoms with Crippen molar-refractivity contribution in [1.82, 2.24) is 0 Å². The molecule has 3 nitrogen and oxygen atoms in total. The Hall–Kier alpha value is -0.730. The van der Waals surface area contributed by atoms with Gasteiger partial charge in [-0.2, -0.15) is 0 Å². The zero-order valence-electron chi connectivity index (χ0n) is 11.9. The summed E-state index contributed by atoms with van der Waals surface area (Å²) in [6.07, 6.45) is -0.586. The topological polar surface area (TPSA) is 35.5 Å². The Balaban J connectivity index is 4.41. The average Bonchev–Trinajstić information content (AvgIpc) is 2.00. The van der Waals surface area contributed by atoms with E-state index in [1.807, 2.05) is 55.4 Å². The Bertz CT molecular complexity index is 216. The Labute approximate surface area is 99.5 Å². The third-order valence-corrected chi connectivity index (χ3v) is 3.47. The van der Waals surface area contributed by atoms with Crippen molar-refractivity contribution < 1.29 is 14.3 Å². The minimum atomic E-state index is -0.586. The Morgan fingerprint density at radius 2 is 1.06 bits per heavy atom. The highest BCUT2D eigenvalue weighted by Gasteiger charge is 2.32. The maximum atomic E-state index is 11.6. The normalized spacial score (nSPS) is 13.1. The van der Waals surface area contributed by atoms with Crippen LogP contribution < -0.4 is 0 Å². The van der Waals surface area contributed by atoms with Crippen LogP contribution in [0.2, 0.25) is 0 Å². The van der Waals surface area contributed by atoms with Gasteiger partial charge in [0, 0.05) is 0 Å². The second-order valence-corrected chi connectivity index (χ2v) is 5.97. The van der Waals surface area contributed by atoms with E-state index in [-0.39, 0.29) is 11.8 Å². The molecule has 3 heteroatoms. The molecule has 0 radical (unpaired) electrons. The van der Waals surface area contributed by atoms with Gasteiger partial charge in [0.1, 0.15) is 11.2 Å². The molecule has 96 valence electrons. The molecule has 0 saturated carbocycles. The van der Waals surface area contributed by atoms with Crippen LogP contribution in [0.1, 0.15) is 55.4 Å². The van der Waals surface area contributed by atoms with Crippen LogP contribution in [0.15, 0.2) is 0 Å². The van der Waals surface area contributed by atoms with Crippen molar-refractivity contribution in [2.75, 3.05) is 0 Å². The van der Waals surface area contributed by atoms with Crippen LogP contribution in [0.25, 0.3) is 0 Å². The molecule has 0 N–H and O–H groups in total. The SMILES string of the molecule is CC(C)C(C)(C)OC(=O)OC(C)(C)C(C)C. The Morgan fingerprint density at radius 3 is 1.25 bits per heavy atom. The Kier molecular flexibility index (Phi) is 4.84. The zero-order chi connectivity index (χ0) is 13.1. The molecule has 0 bridgehead atoms. The quantitative estimate of drug-likeness (QED) is 0.684. The zero-order valence-corrected chi connectivity index (χ0v) is 11.9. The average molecular weight is 230 g/mol. The highest BCUT2D eigenvalue weighted by Crippen LogP contribution is 2.25. The van der Waals surface area contributed by atoms with Gasteiger partial charge in [0.05, 0.1) is 0 Å². The first kappa shape index (κ1) is 15.3. The van der Waals surface area contributed by atoms with Crippen molar-refractivity contribution in [2.45, 2.75) is 66.6 Å². The van der Waals surface area contributed by atoms with E-state index in [1.54, 1.807) is 0 Å². The van der Waals surface area contributed by atoms with Crippen molar-refractivity contribution in [3.63, 3.8) is 0 Å². The third kappa shape index (κ3) is 4.42. The molecule has 0 aromatic rings. The molecule has 0 saturated heterocycles. The predicted molar refractivity (Wildman–Crippen MR) is 65.4 cm³/mol. The van der Waals surface area contributed by atoms with Crippen LogP contribution in [-0.2, 0) is 9.47 Å². The first-order valence-electron chi connectivity index (χ1n) is 5.91. The van der Waals surface area contributed by atoms with E-state index >= 15 is 0 Å². The number of ether oxygens (including phenoxy) is 2. The minimum Gasteiger partial charge on any atom is -0.428 e. The van der Waals surface area contributed by atoms with Gasteiger partial charge in [0.2, 0.25) is 0 Å². The van der Waals surface area contributed by atoms with E-state index in [1.165, 1.54) is 0 Å². The summed E-state index contributed by atoms with van der Waals surface area (Å²) in [7, 11) is 0. The third-order valence-electron chi connectivity index (χ3n) is 3.47. The summed E-state index contributed by atoms with van der Waals surface area (Å²) in [5.41, 5.74) is -0.992.